The smallest absolute Gasteiger partial charge is 0.0732 e. The van der Waals surface area contributed by atoms with E-state index >= 15 is 0 Å². The van der Waals surface area contributed by atoms with Crippen molar-refractivity contribution in [3.05, 3.63) is 0 Å². The maximum Gasteiger partial charge on any atom is 0.0732 e. The first-order valence-corrected chi connectivity index (χ1v) is 6.73. The van der Waals surface area contributed by atoms with Crippen molar-refractivity contribution in [1.29, 1.82) is 0 Å². The predicted molar refractivity (Wildman–Crippen MR) is 71.1 cm³/mol. The van der Waals surface area contributed by atoms with Gasteiger partial charge in [0.25, 0.3) is 0 Å². The van der Waals surface area contributed by atoms with Gasteiger partial charge in [-0.2, -0.15) is 0 Å². The molecule has 2 N–H and O–H groups in total. The summed E-state index contributed by atoms with van der Waals surface area (Å²) in [5, 5.41) is 0. The number of rotatable bonds is 4. The molecule has 0 radical (unpaired) electrons. The zero-order chi connectivity index (χ0) is 13.1. The van der Waals surface area contributed by atoms with Crippen LogP contribution in [0.2, 0.25) is 0 Å². The Balaban J connectivity index is 2.27. The lowest BCUT2D eigenvalue weighted by atomic mass is 9.72. The Kier molecular flexibility index (Phi) is 4.99. The number of ether oxygens (including phenoxy) is 2. The zero-order valence-electron chi connectivity index (χ0n) is 12.1. The first-order chi connectivity index (χ1) is 7.72. The molecule has 0 bridgehead atoms. The summed E-state index contributed by atoms with van der Waals surface area (Å²) in [6.45, 7) is 11.9. The van der Waals surface area contributed by atoms with Crippen LogP contribution in [0.1, 0.15) is 53.9 Å². The highest BCUT2D eigenvalue weighted by atomic mass is 16.5. The minimum absolute atomic E-state index is 0.0860. The van der Waals surface area contributed by atoms with E-state index in [1.165, 1.54) is 12.8 Å². The van der Waals surface area contributed by atoms with Crippen LogP contribution in [-0.2, 0) is 9.47 Å². The molecular formula is C14H29NO2. The van der Waals surface area contributed by atoms with Crippen LogP contribution < -0.4 is 5.73 Å². The lowest BCUT2D eigenvalue weighted by Crippen LogP contribution is -2.50. The van der Waals surface area contributed by atoms with E-state index in [2.05, 4.69) is 34.6 Å². The normalized spacial score (nSPS) is 29.3. The summed E-state index contributed by atoms with van der Waals surface area (Å²) in [5.41, 5.74) is 6.38. The maximum absolute atomic E-state index is 6.26. The molecule has 3 nitrogen and oxygen atoms in total. The minimum Gasteiger partial charge on any atom is -0.374 e. The van der Waals surface area contributed by atoms with Crippen LogP contribution in [0, 0.1) is 5.41 Å². The van der Waals surface area contributed by atoms with E-state index in [0.717, 1.165) is 6.42 Å². The van der Waals surface area contributed by atoms with Crippen LogP contribution in [0.15, 0.2) is 0 Å². The van der Waals surface area contributed by atoms with Gasteiger partial charge in [0, 0.05) is 6.04 Å². The first-order valence-electron chi connectivity index (χ1n) is 6.73. The molecule has 0 aromatic heterocycles. The molecule has 0 spiro atoms. The summed E-state index contributed by atoms with van der Waals surface area (Å²) in [5.74, 6) is 0. The Bertz CT molecular complexity index is 233. The molecule has 0 heterocycles. The third-order valence-corrected chi connectivity index (χ3v) is 3.56. The van der Waals surface area contributed by atoms with Gasteiger partial charge in [-0.1, -0.05) is 20.3 Å². The van der Waals surface area contributed by atoms with Gasteiger partial charge in [-0.15, -0.1) is 0 Å². The van der Waals surface area contributed by atoms with Crippen LogP contribution >= 0.6 is 0 Å². The minimum atomic E-state index is -0.0860. The van der Waals surface area contributed by atoms with Gasteiger partial charge < -0.3 is 15.2 Å². The van der Waals surface area contributed by atoms with Crippen molar-refractivity contribution in [2.24, 2.45) is 11.1 Å². The highest BCUT2D eigenvalue weighted by Crippen LogP contribution is 2.35. The average Bonchev–Trinajstić information content (AvgIpc) is 2.17. The molecule has 1 saturated carbocycles. The molecule has 1 fully saturated rings. The molecule has 102 valence electrons. The van der Waals surface area contributed by atoms with E-state index in [4.69, 9.17) is 15.2 Å². The maximum atomic E-state index is 6.26. The molecule has 1 rings (SSSR count). The second-order valence-electron chi connectivity index (χ2n) is 6.78. The van der Waals surface area contributed by atoms with Crippen LogP contribution in [-0.4, -0.2) is 31.0 Å². The molecule has 2 unspecified atom stereocenters. The molecule has 2 atom stereocenters. The summed E-state index contributed by atoms with van der Waals surface area (Å²) >= 11 is 0. The second kappa shape index (κ2) is 5.68. The topological polar surface area (TPSA) is 44.5 Å². The standard InChI is InChI=1S/C14H29NO2/c1-13(2,3)17-10-9-16-11-7-6-8-14(4,5)12(11)15/h11-12H,6-10,15H2,1-5H3. The summed E-state index contributed by atoms with van der Waals surface area (Å²) in [6.07, 6.45) is 3.69. The Morgan fingerprint density at radius 3 is 2.47 bits per heavy atom. The third-order valence-electron chi connectivity index (χ3n) is 3.56. The molecule has 0 aromatic carbocycles. The van der Waals surface area contributed by atoms with Crippen LogP contribution in [0.4, 0.5) is 0 Å². The highest BCUT2D eigenvalue weighted by molar-refractivity contribution is 4.92. The van der Waals surface area contributed by atoms with Crippen molar-refractivity contribution in [3.63, 3.8) is 0 Å². The molecule has 0 aliphatic heterocycles. The fourth-order valence-electron chi connectivity index (χ4n) is 2.34. The second-order valence-corrected chi connectivity index (χ2v) is 6.78. The van der Waals surface area contributed by atoms with Gasteiger partial charge >= 0.3 is 0 Å². The van der Waals surface area contributed by atoms with Crippen LogP contribution in [0.25, 0.3) is 0 Å². The number of hydrogen-bond acceptors (Lipinski definition) is 3. The summed E-state index contributed by atoms with van der Waals surface area (Å²) in [6, 6.07) is 0.144. The van der Waals surface area contributed by atoms with Crippen LogP contribution in [0.5, 0.6) is 0 Å². The summed E-state index contributed by atoms with van der Waals surface area (Å²) in [7, 11) is 0. The monoisotopic (exact) mass is 243 g/mol. The van der Waals surface area contributed by atoms with E-state index in [1.54, 1.807) is 0 Å². The largest absolute Gasteiger partial charge is 0.374 e. The third kappa shape index (κ3) is 4.94. The van der Waals surface area contributed by atoms with E-state index in [1.807, 2.05) is 0 Å². The van der Waals surface area contributed by atoms with Gasteiger partial charge in [-0.3, -0.25) is 0 Å². The molecule has 17 heavy (non-hydrogen) atoms. The quantitative estimate of drug-likeness (QED) is 0.772. The van der Waals surface area contributed by atoms with Crippen LogP contribution in [0.3, 0.4) is 0 Å². The molecule has 1 aliphatic carbocycles. The van der Waals surface area contributed by atoms with Gasteiger partial charge in [-0.25, -0.2) is 0 Å². The predicted octanol–water partition coefficient (Wildman–Crippen LogP) is 2.72. The molecular weight excluding hydrogens is 214 g/mol. The van der Waals surface area contributed by atoms with Gasteiger partial charge in [0.2, 0.25) is 0 Å². The number of nitrogens with two attached hydrogens (primary N) is 1. The van der Waals surface area contributed by atoms with Crippen molar-refractivity contribution in [3.8, 4) is 0 Å². The van der Waals surface area contributed by atoms with Gasteiger partial charge in [0.15, 0.2) is 0 Å². The van der Waals surface area contributed by atoms with Crippen molar-refractivity contribution in [1.82, 2.24) is 0 Å². The van der Waals surface area contributed by atoms with Crippen molar-refractivity contribution >= 4 is 0 Å². The molecule has 0 aromatic rings. The zero-order valence-corrected chi connectivity index (χ0v) is 12.1. The Morgan fingerprint density at radius 1 is 1.24 bits per heavy atom. The molecule has 3 heteroatoms. The Morgan fingerprint density at radius 2 is 1.88 bits per heavy atom. The van der Waals surface area contributed by atoms with Gasteiger partial charge in [0.05, 0.1) is 24.9 Å². The number of hydrogen-bond donors (Lipinski definition) is 1. The van der Waals surface area contributed by atoms with Crippen molar-refractivity contribution < 1.29 is 9.47 Å². The molecule has 0 saturated heterocycles. The van der Waals surface area contributed by atoms with E-state index in [0.29, 0.717) is 13.2 Å². The lowest BCUT2D eigenvalue weighted by Gasteiger charge is -2.41. The summed E-state index contributed by atoms with van der Waals surface area (Å²) < 4.78 is 11.5. The van der Waals surface area contributed by atoms with E-state index < -0.39 is 0 Å². The molecule has 1 aliphatic rings. The van der Waals surface area contributed by atoms with Crippen molar-refractivity contribution in [2.45, 2.75) is 71.6 Å². The van der Waals surface area contributed by atoms with Gasteiger partial charge in [0.1, 0.15) is 0 Å². The van der Waals surface area contributed by atoms with Crippen molar-refractivity contribution in [2.75, 3.05) is 13.2 Å². The lowest BCUT2D eigenvalue weighted by molar-refractivity contribution is -0.0749. The van der Waals surface area contributed by atoms with Gasteiger partial charge in [-0.05, 0) is 39.0 Å². The molecule has 0 amide bonds. The summed E-state index contributed by atoms with van der Waals surface area (Å²) in [4.78, 5) is 0. The fraction of sp³-hybridized carbons (Fsp3) is 1.00. The average molecular weight is 243 g/mol. The Hall–Kier alpha value is -0.120. The fourth-order valence-corrected chi connectivity index (χ4v) is 2.34. The van der Waals surface area contributed by atoms with E-state index in [-0.39, 0.29) is 23.2 Å². The first kappa shape index (κ1) is 14.9. The SMILES string of the molecule is CC(C)(C)OCCOC1CCCC(C)(C)C1N. The Labute approximate surface area is 106 Å². The van der Waals surface area contributed by atoms with E-state index in [9.17, 15) is 0 Å². The highest BCUT2D eigenvalue weighted by Gasteiger charge is 2.36.